The Labute approximate surface area is 131 Å². The van der Waals surface area contributed by atoms with E-state index in [1.807, 2.05) is 25.1 Å². The van der Waals surface area contributed by atoms with E-state index in [4.69, 9.17) is 9.47 Å². The highest BCUT2D eigenvalue weighted by atomic mass is 35.5. The summed E-state index contributed by atoms with van der Waals surface area (Å²) >= 11 is 0. The van der Waals surface area contributed by atoms with Gasteiger partial charge >= 0.3 is 0 Å². The summed E-state index contributed by atoms with van der Waals surface area (Å²) < 4.78 is 10.5. The normalized spacial score (nSPS) is 15.4. The van der Waals surface area contributed by atoms with Crippen LogP contribution < -0.4 is 20.1 Å². The van der Waals surface area contributed by atoms with Gasteiger partial charge in [0.15, 0.2) is 0 Å². The fourth-order valence-corrected chi connectivity index (χ4v) is 2.22. The average molecular weight is 315 g/mol. The number of benzene rings is 1. The molecule has 0 aliphatic carbocycles. The first-order valence-corrected chi connectivity index (χ1v) is 6.85. The Hall–Kier alpha value is -1.46. The molecule has 2 N–H and O–H groups in total. The molecule has 21 heavy (non-hydrogen) atoms. The minimum Gasteiger partial charge on any atom is -0.497 e. The molecule has 1 unspecified atom stereocenters. The number of methoxy groups -OCH3 is 2. The van der Waals surface area contributed by atoms with Crippen molar-refractivity contribution in [1.29, 1.82) is 0 Å². The molecule has 0 saturated carbocycles. The Kier molecular flexibility index (Phi) is 6.78. The predicted molar refractivity (Wildman–Crippen MR) is 84.2 cm³/mol. The maximum atomic E-state index is 12.1. The van der Waals surface area contributed by atoms with Crippen LogP contribution in [-0.4, -0.2) is 33.2 Å². The van der Waals surface area contributed by atoms with Crippen LogP contribution >= 0.6 is 12.4 Å². The van der Waals surface area contributed by atoms with Crippen molar-refractivity contribution in [3.8, 4) is 11.5 Å². The van der Waals surface area contributed by atoms with Gasteiger partial charge in [0, 0.05) is 24.1 Å². The summed E-state index contributed by atoms with van der Waals surface area (Å²) in [7, 11) is 3.23. The Morgan fingerprint density at radius 1 is 1.38 bits per heavy atom. The number of hydrogen-bond donors (Lipinski definition) is 2. The molecule has 2 rings (SSSR count). The molecule has 0 bridgehead atoms. The maximum Gasteiger partial charge on any atom is 0.223 e. The van der Waals surface area contributed by atoms with Crippen molar-refractivity contribution >= 4 is 18.3 Å². The highest BCUT2D eigenvalue weighted by Crippen LogP contribution is 2.24. The van der Waals surface area contributed by atoms with E-state index in [1.165, 1.54) is 0 Å². The van der Waals surface area contributed by atoms with Crippen LogP contribution in [0.25, 0.3) is 0 Å². The monoisotopic (exact) mass is 314 g/mol. The van der Waals surface area contributed by atoms with Crippen molar-refractivity contribution in [2.24, 2.45) is 11.8 Å². The largest absolute Gasteiger partial charge is 0.497 e. The lowest BCUT2D eigenvalue weighted by Crippen LogP contribution is -2.49. The van der Waals surface area contributed by atoms with Gasteiger partial charge in [-0.3, -0.25) is 4.79 Å². The molecule has 6 heteroatoms. The number of nitrogens with one attached hydrogen (secondary N) is 2. The fourth-order valence-electron chi connectivity index (χ4n) is 2.22. The predicted octanol–water partition coefficient (Wildman–Crippen LogP) is 1.60. The average Bonchev–Trinajstić information content (AvgIpc) is 2.42. The van der Waals surface area contributed by atoms with E-state index in [2.05, 4.69) is 10.6 Å². The second kappa shape index (κ2) is 8.10. The lowest BCUT2D eigenvalue weighted by molar-refractivity contribution is -0.126. The Morgan fingerprint density at radius 3 is 2.62 bits per heavy atom. The van der Waals surface area contributed by atoms with Gasteiger partial charge in [0.2, 0.25) is 5.91 Å². The quantitative estimate of drug-likeness (QED) is 0.837. The van der Waals surface area contributed by atoms with Crippen LogP contribution in [0.2, 0.25) is 0 Å². The van der Waals surface area contributed by atoms with Crippen LogP contribution in [0.5, 0.6) is 11.5 Å². The van der Waals surface area contributed by atoms with Crippen molar-refractivity contribution in [3.05, 3.63) is 23.8 Å². The molecule has 1 aliphatic heterocycles. The lowest BCUT2D eigenvalue weighted by atomic mass is 9.88. The number of carbonyl (C=O) groups excluding carboxylic acids is 1. The van der Waals surface area contributed by atoms with Crippen molar-refractivity contribution in [2.45, 2.75) is 13.5 Å². The molecule has 1 amide bonds. The summed E-state index contributed by atoms with van der Waals surface area (Å²) in [5.41, 5.74) is 0.945. The van der Waals surface area contributed by atoms with Crippen LogP contribution in [-0.2, 0) is 11.3 Å². The summed E-state index contributed by atoms with van der Waals surface area (Å²) in [6.07, 6.45) is 0. The molecule has 0 spiro atoms. The molecule has 1 saturated heterocycles. The summed E-state index contributed by atoms with van der Waals surface area (Å²) in [5.74, 6) is 2.05. The van der Waals surface area contributed by atoms with Gasteiger partial charge in [-0.05, 0) is 31.1 Å². The zero-order valence-corrected chi connectivity index (χ0v) is 13.5. The van der Waals surface area contributed by atoms with Gasteiger partial charge in [0.05, 0.1) is 14.2 Å². The van der Waals surface area contributed by atoms with Gasteiger partial charge in [0.1, 0.15) is 11.5 Å². The zero-order valence-electron chi connectivity index (χ0n) is 12.6. The first-order valence-electron chi connectivity index (χ1n) is 6.85. The minimum absolute atomic E-state index is 0. The molecular formula is C15H23ClN2O3. The Morgan fingerprint density at radius 2 is 2.10 bits per heavy atom. The number of amides is 1. The van der Waals surface area contributed by atoms with Crippen LogP contribution in [0.3, 0.4) is 0 Å². The van der Waals surface area contributed by atoms with E-state index in [1.54, 1.807) is 14.2 Å². The maximum absolute atomic E-state index is 12.1. The van der Waals surface area contributed by atoms with E-state index >= 15 is 0 Å². The van der Waals surface area contributed by atoms with Gasteiger partial charge < -0.3 is 20.1 Å². The van der Waals surface area contributed by atoms with E-state index in [9.17, 15) is 4.79 Å². The number of carbonyl (C=O) groups is 1. The van der Waals surface area contributed by atoms with Crippen molar-refractivity contribution in [2.75, 3.05) is 27.3 Å². The summed E-state index contributed by atoms with van der Waals surface area (Å²) in [5, 5.41) is 6.16. The van der Waals surface area contributed by atoms with E-state index < -0.39 is 0 Å². The molecule has 0 radical (unpaired) electrons. The van der Waals surface area contributed by atoms with E-state index in [0.717, 1.165) is 30.2 Å². The standard InChI is InChI=1S/C15H22N2O3.ClH/c1-10(12-7-16-8-12)15(18)17-9-11-4-5-13(19-2)6-14(11)20-3;/h4-6,10,12,16H,7-9H2,1-3H3,(H,17,18);1H. The Bertz CT molecular complexity index is 478. The van der Waals surface area contributed by atoms with Gasteiger partial charge in [-0.2, -0.15) is 0 Å². The number of rotatable bonds is 6. The van der Waals surface area contributed by atoms with Crippen LogP contribution in [0, 0.1) is 11.8 Å². The first kappa shape index (κ1) is 17.6. The molecule has 118 valence electrons. The molecular weight excluding hydrogens is 292 g/mol. The van der Waals surface area contributed by atoms with Gasteiger partial charge in [-0.25, -0.2) is 0 Å². The Balaban J connectivity index is 0.00000220. The molecule has 1 aromatic carbocycles. The minimum atomic E-state index is 0. The summed E-state index contributed by atoms with van der Waals surface area (Å²) in [6.45, 7) is 4.31. The number of hydrogen-bond acceptors (Lipinski definition) is 4. The third kappa shape index (κ3) is 4.25. The molecule has 5 nitrogen and oxygen atoms in total. The van der Waals surface area contributed by atoms with Crippen molar-refractivity contribution in [1.82, 2.24) is 10.6 Å². The second-order valence-corrected chi connectivity index (χ2v) is 5.10. The molecule has 1 aliphatic rings. The van der Waals surface area contributed by atoms with Crippen LogP contribution in [0.15, 0.2) is 18.2 Å². The summed E-state index contributed by atoms with van der Waals surface area (Å²) in [6, 6.07) is 5.59. The third-order valence-electron chi connectivity index (χ3n) is 3.88. The molecule has 0 aromatic heterocycles. The highest BCUT2D eigenvalue weighted by molar-refractivity contribution is 5.85. The van der Waals surface area contributed by atoms with Crippen LogP contribution in [0.4, 0.5) is 0 Å². The SMILES string of the molecule is COc1ccc(CNC(=O)C(C)C2CNC2)c(OC)c1.Cl. The highest BCUT2D eigenvalue weighted by Gasteiger charge is 2.28. The van der Waals surface area contributed by atoms with Crippen LogP contribution in [0.1, 0.15) is 12.5 Å². The fraction of sp³-hybridized carbons (Fsp3) is 0.533. The molecule has 1 aromatic rings. The molecule has 1 heterocycles. The van der Waals surface area contributed by atoms with Gasteiger partial charge in [-0.1, -0.05) is 6.92 Å². The molecule has 1 atom stereocenters. The second-order valence-electron chi connectivity index (χ2n) is 5.10. The number of halogens is 1. The topological polar surface area (TPSA) is 59.6 Å². The van der Waals surface area contributed by atoms with Crippen molar-refractivity contribution < 1.29 is 14.3 Å². The first-order chi connectivity index (χ1) is 9.65. The lowest BCUT2D eigenvalue weighted by Gasteiger charge is -2.31. The summed E-state index contributed by atoms with van der Waals surface area (Å²) in [4.78, 5) is 12.1. The number of ether oxygens (including phenoxy) is 2. The zero-order chi connectivity index (χ0) is 14.5. The van der Waals surface area contributed by atoms with Crippen molar-refractivity contribution in [3.63, 3.8) is 0 Å². The molecule has 1 fully saturated rings. The smallest absolute Gasteiger partial charge is 0.223 e. The van der Waals surface area contributed by atoms with E-state index in [-0.39, 0.29) is 24.2 Å². The third-order valence-corrected chi connectivity index (χ3v) is 3.88. The van der Waals surface area contributed by atoms with E-state index in [0.29, 0.717) is 12.5 Å². The van der Waals surface area contributed by atoms with Gasteiger partial charge in [0.25, 0.3) is 0 Å². The van der Waals surface area contributed by atoms with Gasteiger partial charge in [-0.15, -0.1) is 12.4 Å².